The summed E-state index contributed by atoms with van der Waals surface area (Å²) in [5.74, 6) is 1.63. The normalized spacial score (nSPS) is 10.4. The molecule has 8 nitrogen and oxygen atoms in total. The third-order valence-electron chi connectivity index (χ3n) is 4.40. The van der Waals surface area contributed by atoms with Gasteiger partial charge in [-0.15, -0.1) is 0 Å². The molecule has 3 rings (SSSR count). The molecule has 0 fully saturated rings. The first-order chi connectivity index (χ1) is 13.9. The van der Waals surface area contributed by atoms with E-state index in [1.807, 2.05) is 42.0 Å². The van der Waals surface area contributed by atoms with E-state index < -0.39 is 0 Å². The molecule has 3 amide bonds. The lowest BCUT2D eigenvalue weighted by atomic mass is 10.1. The maximum atomic E-state index is 12.2. The molecule has 0 aliphatic carbocycles. The summed E-state index contributed by atoms with van der Waals surface area (Å²) >= 11 is 0. The number of nitrogens with zero attached hydrogens (tertiary/aromatic N) is 4. The van der Waals surface area contributed by atoms with Gasteiger partial charge in [-0.2, -0.15) is 0 Å². The number of carbonyl (C=O) groups excluding carboxylic acids is 2. The molecular weight excluding hydrogens is 368 g/mol. The Hall–Kier alpha value is -3.68. The number of hydrogen-bond acceptors (Lipinski definition) is 4. The van der Waals surface area contributed by atoms with Crippen molar-refractivity contribution in [3.63, 3.8) is 0 Å². The Bertz CT molecular complexity index is 994. The van der Waals surface area contributed by atoms with Crippen molar-refractivity contribution < 1.29 is 9.59 Å². The van der Waals surface area contributed by atoms with Crippen LogP contribution in [0.4, 0.5) is 10.5 Å². The van der Waals surface area contributed by atoms with Crippen LogP contribution in [0.25, 0.3) is 5.82 Å². The maximum absolute atomic E-state index is 12.2. The molecule has 0 aliphatic heterocycles. The van der Waals surface area contributed by atoms with Crippen molar-refractivity contribution in [2.75, 3.05) is 19.4 Å². The highest BCUT2D eigenvalue weighted by Crippen LogP contribution is 2.12. The summed E-state index contributed by atoms with van der Waals surface area (Å²) in [6.07, 6.45) is 5.60. The number of nitrogens with one attached hydrogen (secondary N) is 2. The monoisotopic (exact) mass is 392 g/mol. The first kappa shape index (κ1) is 20.1. The Kier molecular flexibility index (Phi) is 6.23. The molecule has 0 unspecified atom stereocenters. The first-order valence-electron chi connectivity index (χ1n) is 9.21. The highest BCUT2D eigenvalue weighted by Gasteiger charge is 2.07. The molecule has 29 heavy (non-hydrogen) atoms. The number of urea groups is 1. The van der Waals surface area contributed by atoms with Crippen LogP contribution in [0.1, 0.15) is 17.0 Å². The SMILES string of the molecule is Cc1nccn1-c1cc(CNC(=O)Nc2ccc(CC(=O)N(C)C)cc2)ccn1. The fourth-order valence-electron chi connectivity index (χ4n) is 2.72. The minimum absolute atomic E-state index is 0.0334. The molecule has 0 spiro atoms. The second-order valence-corrected chi connectivity index (χ2v) is 6.84. The van der Waals surface area contributed by atoms with Crippen LogP contribution >= 0.6 is 0 Å². The number of anilines is 1. The van der Waals surface area contributed by atoms with Gasteiger partial charge in [0.1, 0.15) is 11.6 Å². The Morgan fingerprint density at radius 2 is 1.79 bits per heavy atom. The molecule has 150 valence electrons. The minimum atomic E-state index is -0.306. The quantitative estimate of drug-likeness (QED) is 0.674. The summed E-state index contributed by atoms with van der Waals surface area (Å²) in [6, 6.07) is 10.7. The van der Waals surface area contributed by atoms with Crippen molar-refractivity contribution in [3.05, 3.63) is 71.9 Å². The van der Waals surface area contributed by atoms with Crippen molar-refractivity contribution in [3.8, 4) is 5.82 Å². The Morgan fingerprint density at radius 1 is 1.03 bits per heavy atom. The van der Waals surface area contributed by atoms with E-state index in [2.05, 4.69) is 20.6 Å². The van der Waals surface area contributed by atoms with Gasteiger partial charge in [0.15, 0.2) is 0 Å². The van der Waals surface area contributed by atoms with Gasteiger partial charge in [0.05, 0.1) is 6.42 Å². The molecular formula is C21H24N6O2. The molecule has 3 aromatic rings. The van der Waals surface area contributed by atoms with Gasteiger partial charge in [-0.1, -0.05) is 12.1 Å². The van der Waals surface area contributed by atoms with E-state index in [9.17, 15) is 9.59 Å². The Morgan fingerprint density at radius 3 is 2.45 bits per heavy atom. The molecule has 8 heteroatoms. The average Bonchev–Trinajstić information content (AvgIpc) is 3.14. The largest absolute Gasteiger partial charge is 0.349 e. The van der Waals surface area contributed by atoms with Gasteiger partial charge >= 0.3 is 6.03 Å². The molecule has 0 radical (unpaired) electrons. The Balaban J connectivity index is 1.54. The van der Waals surface area contributed by atoms with Crippen LogP contribution in [0, 0.1) is 6.92 Å². The molecule has 0 aliphatic rings. The molecule has 2 heterocycles. The summed E-state index contributed by atoms with van der Waals surface area (Å²) in [5.41, 5.74) is 2.48. The fraction of sp³-hybridized carbons (Fsp3) is 0.238. The number of hydrogen-bond donors (Lipinski definition) is 2. The first-order valence-corrected chi connectivity index (χ1v) is 9.21. The van der Waals surface area contributed by atoms with E-state index in [4.69, 9.17) is 0 Å². The predicted molar refractivity (Wildman–Crippen MR) is 111 cm³/mol. The summed E-state index contributed by atoms with van der Waals surface area (Å²) in [5, 5.41) is 5.62. The number of amides is 3. The average molecular weight is 392 g/mol. The van der Waals surface area contributed by atoms with Crippen LogP contribution in [0.2, 0.25) is 0 Å². The summed E-state index contributed by atoms with van der Waals surface area (Å²) in [4.78, 5) is 34.0. The Labute approximate surface area is 169 Å². The third-order valence-corrected chi connectivity index (χ3v) is 4.40. The highest BCUT2D eigenvalue weighted by atomic mass is 16.2. The number of aromatic nitrogens is 3. The van der Waals surface area contributed by atoms with Crippen molar-refractivity contribution in [2.45, 2.75) is 19.9 Å². The zero-order chi connectivity index (χ0) is 20.8. The van der Waals surface area contributed by atoms with Gasteiger partial charge in [-0.3, -0.25) is 9.36 Å². The zero-order valence-electron chi connectivity index (χ0n) is 16.7. The van der Waals surface area contributed by atoms with Crippen LogP contribution < -0.4 is 10.6 Å². The van der Waals surface area contributed by atoms with E-state index in [0.717, 1.165) is 22.8 Å². The van der Waals surface area contributed by atoms with Gasteiger partial charge in [0.25, 0.3) is 0 Å². The predicted octanol–water partition coefficient (Wildman–Crippen LogP) is 2.53. The molecule has 1 aromatic carbocycles. The molecule has 0 saturated carbocycles. The standard InChI is InChI=1S/C21H24N6O2/c1-15-22-10-11-27(15)19-12-17(8-9-23-19)14-24-21(29)25-18-6-4-16(5-7-18)13-20(28)26(2)3/h4-12H,13-14H2,1-3H3,(H2,24,25,29). The lowest BCUT2D eigenvalue weighted by molar-refractivity contribution is -0.127. The van der Waals surface area contributed by atoms with Crippen LogP contribution in [0.5, 0.6) is 0 Å². The summed E-state index contributed by atoms with van der Waals surface area (Å²) in [7, 11) is 3.45. The number of rotatable bonds is 6. The number of likely N-dealkylation sites (N-methyl/N-ethyl adjacent to an activating group) is 1. The van der Waals surface area contributed by atoms with E-state index in [1.54, 1.807) is 43.5 Å². The lowest BCUT2D eigenvalue weighted by Gasteiger charge is -2.11. The van der Waals surface area contributed by atoms with Crippen molar-refractivity contribution >= 4 is 17.6 Å². The molecule has 0 bridgehead atoms. The van der Waals surface area contributed by atoms with E-state index >= 15 is 0 Å². The van der Waals surface area contributed by atoms with Crippen LogP contribution in [0.15, 0.2) is 55.0 Å². The second-order valence-electron chi connectivity index (χ2n) is 6.84. The second kappa shape index (κ2) is 9.01. The van der Waals surface area contributed by atoms with Gasteiger partial charge in [0, 0.05) is 44.9 Å². The topological polar surface area (TPSA) is 92.2 Å². The van der Waals surface area contributed by atoms with E-state index in [0.29, 0.717) is 18.7 Å². The number of imidazole rings is 1. The summed E-state index contributed by atoms with van der Waals surface area (Å²) < 4.78 is 1.88. The van der Waals surface area contributed by atoms with Crippen LogP contribution in [-0.2, 0) is 17.8 Å². The molecule has 0 atom stereocenters. The van der Waals surface area contributed by atoms with Crippen LogP contribution in [0.3, 0.4) is 0 Å². The summed E-state index contributed by atoms with van der Waals surface area (Å²) in [6.45, 7) is 2.27. The number of aryl methyl sites for hydroxylation is 1. The highest BCUT2D eigenvalue weighted by molar-refractivity contribution is 5.89. The van der Waals surface area contributed by atoms with Gasteiger partial charge in [-0.25, -0.2) is 14.8 Å². The zero-order valence-corrected chi connectivity index (χ0v) is 16.7. The lowest BCUT2D eigenvalue weighted by Crippen LogP contribution is -2.28. The van der Waals surface area contributed by atoms with E-state index in [1.165, 1.54) is 0 Å². The third kappa shape index (κ3) is 5.41. The van der Waals surface area contributed by atoms with Crippen molar-refractivity contribution in [1.82, 2.24) is 24.8 Å². The smallest absolute Gasteiger partial charge is 0.319 e. The van der Waals surface area contributed by atoms with Crippen molar-refractivity contribution in [1.29, 1.82) is 0 Å². The van der Waals surface area contributed by atoms with Gasteiger partial charge < -0.3 is 15.5 Å². The number of carbonyl (C=O) groups is 2. The fourth-order valence-corrected chi connectivity index (χ4v) is 2.72. The molecule has 2 N–H and O–H groups in total. The van der Waals surface area contributed by atoms with E-state index in [-0.39, 0.29) is 11.9 Å². The van der Waals surface area contributed by atoms with Crippen LogP contribution in [-0.4, -0.2) is 45.5 Å². The van der Waals surface area contributed by atoms with Gasteiger partial charge in [0.2, 0.25) is 5.91 Å². The number of pyridine rings is 1. The molecule has 2 aromatic heterocycles. The molecule has 0 saturated heterocycles. The minimum Gasteiger partial charge on any atom is -0.349 e. The van der Waals surface area contributed by atoms with Crippen molar-refractivity contribution in [2.24, 2.45) is 0 Å². The maximum Gasteiger partial charge on any atom is 0.319 e. The number of benzene rings is 1. The van der Waals surface area contributed by atoms with Gasteiger partial charge in [-0.05, 0) is 42.3 Å².